The Kier molecular flexibility index (Phi) is 6.13. The summed E-state index contributed by atoms with van der Waals surface area (Å²) in [5.74, 6) is 1.55. The number of aryl methyl sites for hydroxylation is 2. The number of carbonyl (C=O) groups excluding carboxylic acids is 1. The Morgan fingerprint density at radius 3 is 2.63 bits per heavy atom. The first-order valence-corrected chi connectivity index (χ1v) is 9.36. The van der Waals surface area contributed by atoms with Crippen LogP contribution in [0.5, 0.6) is 5.75 Å². The number of thioether (sulfide) groups is 1. The molecule has 7 heteroatoms. The molecule has 0 unspecified atom stereocenters. The molecular formula is C20H20N2O4S. The number of esters is 1. The predicted octanol–water partition coefficient (Wildman–Crippen LogP) is 4.34. The number of aromatic nitrogens is 2. The van der Waals surface area contributed by atoms with E-state index in [0.717, 1.165) is 22.4 Å². The number of carbonyl (C=O) groups is 1. The zero-order valence-corrected chi connectivity index (χ0v) is 16.2. The van der Waals surface area contributed by atoms with E-state index in [1.165, 1.54) is 18.9 Å². The van der Waals surface area contributed by atoms with Gasteiger partial charge in [0.15, 0.2) is 6.61 Å². The van der Waals surface area contributed by atoms with Crippen molar-refractivity contribution in [3.63, 3.8) is 0 Å². The van der Waals surface area contributed by atoms with Crippen LogP contribution in [0.25, 0.3) is 0 Å². The van der Waals surface area contributed by atoms with E-state index in [2.05, 4.69) is 14.9 Å². The smallest absolute Gasteiger partial charge is 0.337 e. The summed E-state index contributed by atoms with van der Waals surface area (Å²) in [6.45, 7) is 4.24. The molecule has 0 aliphatic carbocycles. The standard InChI is InChI=1S/C20H20N2O4S/c1-13-4-5-14(2)17(10-13)25-11-18-21-22-20(26-18)27-12-15-6-8-16(9-7-15)19(23)24-3/h4-10H,11-12H2,1-3H3. The van der Waals surface area contributed by atoms with Gasteiger partial charge < -0.3 is 13.9 Å². The zero-order valence-electron chi connectivity index (χ0n) is 15.4. The van der Waals surface area contributed by atoms with Gasteiger partial charge in [0, 0.05) is 5.75 Å². The molecule has 6 nitrogen and oxygen atoms in total. The molecule has 3 rings (SSSR count). The monoisotopic (exact) mass is 384 g/mol. The number of rotatable bonds is 7. The summed E-state index contributed by atoms with van der Waals surface area (Å²) in [4.78, 5) is 11.4. The van der Waals surface area contributed by atoms with Gasteiger partial charge in [-0.15, -0.1) is 10.2 Å². The van der Waals surface area contributed by atoms with Crippen molar-refractivity contribution in [3.8, 4) is 5.75 Å². The van der Waals surface area contributed by atoms with Gasteiger partial charge in [-0.3, -0.25) is 0 Å². The molecule has 0 spiro atoms. The van der Waals surface area contributed by atoms with E-state index < -0.39 is 0 Å². The van der Waals surface area contributed by atoms with E-state index in [4.69, 9.17) is 9.15 Å². The third kappa shape index (κ3) is 5.10. The normalized spacial score (nSPS) is 10.6. The molecule has 0 saturated carbocycles. The van der Waals surface area contributed by atoms with Gasteiger partial charge in [0.05, 0.1) is 12.7 Å². The first-order chi connectivity index (χ1) is 13.0. The van der Waals surface area contributed by atoms with Crippen molar-refractivity contribution >= 4 is 17.7 Å². The average Bonchev–Trinajstić information content (AvgIpc) is 3.15. The van der Waals surface area contributed by atoms with Gasteiger partial charge in [-0.25, -0.2) is 4.79 Å². The Balaban J connectivity index is 1.53. The first-order valence-electron chi connectivity index (χ1n) is 8.37. The number of methoxy groups -OCH3 is 1. The van der Waals surface area contributed by atoms with Crippen molar-refractivity contribution in [2.75, 3.05) is 7.11 Å². The van der Waals surface area contributed by atoms with Gasteiger partial charge in [-0.2, -0.15) is 0 Å². The van der Waals surface area contributed by atoms with Crippen LogP contribution in [0.15, 0.2) is 52.1 Å². The van der Waals surface area contributed by atoms with Crippen molar-refractivity contribution in [2.45, 2.75) is 31.4 Å². The molecule has 2 aromatic carbocycles. The summed E-state index contributed by atoms with van der Waals surface area (Å²) in [5.41, 5.74) is 3.76. The quantitative estimate of drug-likeness (QED) is 0.443. The van der Waals surface area contributed by atoms with E-state index in [0.29, 0.717) is 22.4 Å². The molecular weight excluding hydrogens is 364 g/mol. The highest BCUT2D eigenvalue weighted by Crippen LogP contribution is 2.23. The molecule has 0 bridgehead atoms. The number of hydrogen-bond acceptors (Lipinski definition) is 7. The van der Waals surface area contributed by atoms with Crippen molar-refractivity contribution < 1.29 is 18.7 Å². The number of benzene rings is 2. The Labute approximate surface area is 161 Å². The molecule has 0 atom stereocenters. The summed E-state index contributed by atoms with van der Waals surface area (Å²) in [5, 5.41) is 8.53. The molecule has 3 aromatic rings. The molecule has 0 saturated heterocycles. The summed E-state index contributed by atoms with van der Waals surface area (Å²) in [6.07, 6.45) is 0. The molecule has 0 aliphatic rings. The molecule has 140 valence electrons. The summed E-state index contributed by atoms with van der Waals surface area (Å²) in [7, 11) is 1.36. The van der Waals surface area contributed by atoms with E-state index in [9.17, 15) is 4.79 Å². The second-order valence-corrected chi connectivity index (χ2v) is 6.92. The van der Waals surface area contributed by atoms with Gasteiger partial charge in [-0.1, -0.05) is 36.0 Å². The van der Waals surface area contributed by atoms with Gasteiger partial charge >= 0.3 is 5.97 Å². The number of nitrogens with zero attached hydrogens (tertiary/aromatic N) is 2. The Morgan fingerprint density at radius 2 is 1.89 bits per heavy atom. The van der Waals surface area contributed by atoms with Crippen LogP contribution in [0, 0.1) is 13.8 Å². The van der Waals surface area contributed by atoms with Crippen molar-refractivity contribution in [1.29, 1.82) is 0 Å². The molecule has 0 fully saturated rings. The van der Waals surface area contributed by atoms with Crippen LogP contribution in [0.2, 0.25) is 0 Å². The lowest BCUT2D eigenvalue weighted by Gasteiger charge is -2.07. The number of hydrogen-bond donors (Lipinski definition) is 0. The molecule has 0 amide bonds. The third-order valence-corrected chi connectivity index (χ3v) is 4.77. The van der Waals surface area contributed by atoms with Crippen LogP contribution in [-0.4, -0.2) is 23.3 Å². The average molecular weight is 384 g/mol. The highest BCUT2D eigenvalue weighted by Gasteiger charge is 2.10. The summed E-state index contributed by atoms with van der Waals surface area (Å²) >= 11 is 1.43. The van der Waals surface area contributed by atoms with Crippen molar-refractivity contribution in [3.05, 3.63) is 70.6 Å². The first kappa shape index (κ1) is 19.0. The lowest BCUT2D eigenvalue weighted by Crippen LogP contribution is -2.00. The Bertz CT molecular complexity index is 922. The van der Waals surface area contributed by atoms with Crippen molar-refractivity contribution in [1.82, 2.24) is 10.2 Å². The SMILES string of the molecule is COC(=O)c1ccc(CSc2nnc(COc3cc(C)ccc3C)o2)cc1. The second kappa shape index (κ2) is 8.73. The lowest BCUT2D eigenvalue weighted by molar-refractivity contribution is 0.0600. The summed E-state index contributed by atoms with van der Waals surface area (Å²) < 4.78 is 16.1. The van der Waals surface area contributed by atoms with Crippen LogP contribution in [0.1, 0.15) is 32.9 Å². The largest absolute Gasteiger partial charge is 0.484 e. The zero-order chi connectivity index (χ0) is 19.2. The predicted molar refractivity (Wildman–Crippen MR) is 102 cm³/mol. The van der Waals surface area contributed by atoms with Crippen LogP contribution >= 0.6 is 11.8 Å². The molecule has 1 aromatic heterocycles. The van der Waals surface area contributed by atoms with E-state index in [1.54, 1.807) is 12.1 Å². The molecule has 0 radical (unpaired) electrons. The highest BCUT2D eigenvalue weighted by atomic mass is 32.2. The van der Waals surface area contributed by atoms with Gasteiger partial charge in [-0.05, 0) is 48.7 Å². The maximum Gasteiger partial charge on any atom is 0.337 e. The highest BCUT2D eigenvalue weighted by molar-refractivity contribution is 7.98. The molecule has 0 N–H and O–H groups in total. The molecule has 27 heavy (non-hydrogen) atoms. The Morgan fingerprint density at radius 1 is 1.11 bits per heavy atom. The minimum atomic E-state index is -0.348. The molecule has 0 aliphatic heterocycles. The maximum atomic E-state index is 11.4. The topological polar surface area (TPSA) is 74.5 Å². The fourth-order valence-corrected chi connectivity index (χ4v) is 3.09. The Hall–Kier alpha value is -2.80. The van der Waals surface area contributed by atoms with Gasteiger partial charge in [0.2, 0.25) is 0 Å². The van der Waals surface area contributed by atoms with Gasteiger partial charge in [0.25, 0.3) is 11.1 Å². The maximum absolute atomic E-state index is 11.4. The molecule has 1 heterocycles. The number of ether oxygens (including phenoxy) is 2. The van der Waals surface area contributed by atoms with E-state index in [-0.39, 0.29) is 12.6 Å². The van der Waals surface area contributed by atoms with Gasteiger partial charge in [0.1, 0.15) is 5.75 Å². The summed E-state index contributed by atoms with van der Waals surface area (Å²) in [6, 6.07) is 13.3. The lowest BCUT2D eigenvalue weighted by atomic mass is 10.1. The fourth-order valence-electron chi connectivity index (χ4n) is 2.36. The van der Waals surface area contributed by atoms with Crippen LogP contribution < -0.4 is 4.74 Å². The van der Waals surface area contributed by atoms with E-state index >= 15 is 0 Å². The minimum absolute atomic E-state index is 0.228. The van der Waals surface area contributed by atoms with E-state index in [1.807, 2.05) is 44.2 Å². The second-order valence-electron chi connectivity index (χ2n) is 6.00. The third-order valence-electron chi connectivity index (χ3n) is 3.88. The van der Waals surface area contributed by atoms with Crippen LogP contribution in [0.3, 0.4) is 0 Å². The van der Waals surface area contributed by atoms with Crippen molar-refractivity contribution in [2.24, 2.45) is 0 Å². The minimum Gasteiger partial charge on any atom is -0.484 e. The fraction of sp³-hybridized carbons (Fsp3) is 0.250. The van der Waals surface area contributed by atoms with Crippen LogP contribution in [-0.2, 0) is 17.1 Å². The van der Waals surface area contributed by atoms with Crippen LogP contribution in [0.4, 0.5) is 0 Å².